The van der Waals surface area contributed by atoms with Gasteiger partial charge in [0.1, 0.15) is 5.82 Å². The van der Waals surface area contributed by atoms with Crippen molar-refractivity contribution in [2.24, 2.45) is 0 Å². The first-order valence-electron chi connectivity index (χ1n) is 10.8. The average Bonchev–Trinajstić information content (AvgIpc) is 3.51. The fourth-order valence-electron chi connectivity index (χ4n) is 3.96. The number of rotatable bonds is 6. The summed E-state index contributed by atoms with van der Waals surface area (Å²) in [5.74, 6) is -0.819. The lowest BCUT2D eigenvalue weighted by Crippen LogP contribution is -2.30. The van der Waals surface area contributed by atoms with E-state index in [-0.39, 0.29) is 17.0 Å². The van der Waals surface area contributed by atoms with Gasteiger partial charge in [-0.05, 0) is 68.7 Å². The van der Waals surface area contributed by atoms with Gasteiger partial charge >= 0.3 is 0 Å². The molecule has 4 rings (SSSR count). The zero-order valence-corrected chi connectivity index (χ0v) is 20.3. The molecule has 0 bridgehead atoms. The van der Waals surface area contributed by atoms with E-state index in [1.807, 2.05) is 24.3 Å². The van der Waals surface area contributed by atoms with Gasteiger partial charge in [0.05, 0.1) is 23.5 Å². The molecular formula is C25H28FN3O3S. The van der Waals surface area contributed by atoms with E-state index in [4.69, 9.17) is 4.98 Å². The van der Waals surface area contributed by atoms with E-state index < -0.39 is 21.9 Å². The molecule has 0 spiro atoms. The van der Waals surface area contributed by atoms with Gasteiger partial charge in [-0.3, -0.25) is 14.5 Å². The first-order valence-corrected chi connectivity index (χ1v) is 12.7. The highest BCUT2D eigenvalue weighted by molar-refractivity contribution is 7.92. The van der Waals surface area contributed by atoms with Gasteiger partial charge < -0.3 is 4.90 Å². The van der Waals surface area contributed by atoms with Crippen LogP contribution in [0.1, 0.15) is 59.9 Å². The Hall–Kier alpha value is -3.00. The molecule has 174 valence electrons. The second-order valence-corrected chi connectivity index (χ2v) is 11.1. The lowest BCUT2D eigenvalue weighted by molar-refractivity contribution is 0.0740. The van der Waals surface area contributed by atoms with Crippen LogP contribution in [-0.4, -0.2) is 37.5 Å². The summed E-state index contributed by atoms with van der Waals surface area (Å²) >= 11 is 0. The van der Waals surface area contributed by atoms with Gasteiger partial charge in [-0.15, -0.1) is 0 Å². The van der Waals surface area contributed by atoms with Gasteiger partial charge in [0.2, 0.25) is 10.0 Å². The van der Waals surface area contributed by atoms with Crippen molar-refractivity contribution in [3.8, 4) is 0 Å². The molecule has 1 fully saturated rings. The normalized spacial score (nSPS) is 15.8. The Balaban J connectivity index is 1.58. The molecule has 3 aromatic rings. The quantitative estimate of drug-likeness (QED) is 0.555. The van der Waals surface area contributed by atoms with Crippen LogP contribution in [0.15, 0.2) is 42.5 Å². The van der Waals surface area contributed by atoms with Crippen LogP contribution in [0.5, 0.6) is 0 Å². The summed E-state index contributed by atoms with van der Waals surface area (Å²) in [6.07, 6.45) is 3.30. The molecule has 1 amide bonds. The minimum atomic E-state index is -3.53. The highest BCUT2D eigenvalue weighted by Crippen LogP contribution is 2.46. The van der Waals surface area contributed by atoms with E-state index in [1.54, 1.807) is 33.0 Å². The Morgan fingerprint density at radius 1 is 1.18 bits per heavy atom. The van der Waals surface area contributed by atoms with Crippen LogP contribution >= 0.6 is 0 Å². The molecule has 0 aliphatic heterocycles. The third kappa shape index (κ3) is 4.71. The van der Waals surface area contributed by atoms with Crippen LogP contribution in [0.25, 0.3) is 10.9 Å². The Labute approximate surface area is 193 Å². The third-order valence-corrected chi connectivity index (χ3v) is 7.14. The van der Waals surface area contributed by atoms with Gasteiger partial charge in [-0.2, -0.15) is 0 Å². The van der Waals surface area contributed by atoms with E-state index >= 15 is 0 Å². The minimum Gasteiger partial charge on any atom is -0.335 e. The maximum Gasteiger partial charge on any atom is 0.254 e. The second-order valence-electron chi connectivity index (χ2n) is 9.32. The van der Waals surface area contributed by atoms with Crippen molar-refractivity contribution >= 4 is 32.5 Å². The molecule has 1 aliphatic carbocycles. The highest BCUT2D eigenvalue weighted by Gasteiger charge is 2.40. The molecule has 1 atom stereocenters. The van der Waals surface area contributed by atoms with E-state index in [9.17, 15) is 17.6 Å². The number of sulfonamides is 1. The maximum absolute atomic E-state index is 14.8. The lowest BCUT2D eigenvalue weighted by Gasteiger charge is -2.26. The van der Waals surface area contributed by atoms with E-state index in [1.165, 1.54) is 4.90 Å². The number of fused-ring (bicyclic) bond motifs is 1. The number of pyridine rings is 1. The summed E-state index contributed by atoms with van der Waals surface area (Å²) in [6, 6.07) is 11.6. The fraction of sp³-hybridized carbons (Fsp3) is 0.360. The standard InChI is InChI=1S/C25H28FN3O3S/c1-15-12-19(20(26)14-22(15)28-33(5,31)32)16(2)29(4)24(30)18-6-8-21-17(13-18)7-9-23(27-21)25(3)10-11-25/h6-9,12-14,16,28H,10-11H2,1-5H3/t16-/m1/s1. The lowest BCUT2D eigenvalue weighted by atomic mass is 10.0. The van der Waals surface area contributed by atoms with Crippen molar-refractivity contribution in [2.45, 2.75) is 45.1 Å². The van der Waals surface area contributed by atoms with Gasteiger partial charge in [0.25, 0.3) is 5.91 Å². The van der Waals surface area contributed by atoms with Crippen LogP contribution in [-0.2, 0) is 15.4 Å². The van der Waals surface area contributed by atoms with Gasteiger partial charge in [-0.25, -0.2) is 12.8 Å². The number of amides is 1. The molecule has 1 aromatic heterocycles. The number of benzene rings is 2. The van der Waals surface area contributed by atoms with Crippen molar-refractivity contribution < 1.29 is 17.6 Å². The predicted octanol–water partition coefficient (Wildman–Crippen LogP) is 4.94. The smallest absolute Gasteiger partial charge is 0.254 e. The highest BCUT2D eigenvalue weighted by atomic mass is 32.2. The summed E-state index contributed by atoms with van der Waals surface area (Å²) in [5, 5.41) is 0.883. The molecule has 1 heterocycles. The first kappa shape index (κ1) is 23.2. The molecule has 2 aromatic carbocycles. The molecule has 1 N–H and O–H groups in total. The Morgan fingerprint density at radius 2 is 1.88 bits per heavy atom. The number of aryl methyl sites for hydroxylation is 1. The fourth-order valence-corrected chi connectivity index (χ4v) is 4.58. The zero-order valence-electron chi connectivity index (χ0n) is 19.4. The summed E-state index contributed by atoms with van der Waals surface area (Å²) in [4.78, 5) is 19.4. The third-order valence-electron chi connectivity index (χ3n) is 6.54. The number of carbonyl (C=O) groups is 1. The number of carbonyl (C=O) groups excluding carboxylic acids is 1. The van der Waals surface area contributed by atoms with Gasteiger partial charge in [0, 0.05) is 34.7 Å². The Morgan fingerprint density at radius 3 is 2.52 bits per heavy atom. The summed E-state index contributed by atoms with van der Waals surface area (Å²) in [7, 11) is -1.90. The first-order chi connectivity index (χ1) is 15.4. The largest absolute Gasteiger partial charge is 0.335 e. The molecular weight excluding hydrogens is 441 g/mol. The molecule has 0 unspecified atom stereocenters. The van der Waals surface area contributed by atoms with Crippen LogP contribution in [0, 0.1) is 12.7 Å². The van der Waals surface area contributed by atoms with E-state index in [0.717, 1.165) is 41.8 Å². The topological polar surface area (TPSA) is 79.4 Å². The average molecular weight is 470 g/mol. The number of nitrogens with one attached hydrogen (secondary N) is 1. The number of nitrogens with zero attached hydrogens (tertiary/aromatic N) is 2. The molecule has 6 nitrogen and oxygen atoms in total. The zero-order chi connectivity index (χ0) is 24.1. The summed E-state index contributed by atoms with van der Waals surface area (Å²) in [5.41, 5.74) is 3.67. The number of halogens is 1. The Kier molecular flexibility index (Phi) is 5.68. The summed E-state index contributed by atoms with van der Waals surface area (Å²) in [6.45, 7) is 5.64. The molecule has 1 saturated carbocycles. The number of anilines is 1. The predicted molar refractivity (Wildman–Crippen MR) is 128 cm³/mol. The molecule has 0 saturated heterocycles. The van der Waals surface area contributed by atoms with Crippen LogP contribution in [0.2, 0.25) is 0 Å². The SMILES string of the molecule is Cc1cc([C@@H](C)N(C)C(=O)c2ccc3nc(C4(C)CC4)ccc3c2)c(F)cc1NS(C)(=O)=O. The van der Waals surface area contributed by atoms with E-state index in [2.05, 4.69) is 11.6 Å². The van der Waals surface area contributed by atoms with E-state index in [0.29, 0.717) is 16.7 Å². The van der Waals surface area contributed by atoms with Crippen LogP contribution in [0.4, 0.5) is 10.1 Å². The van der Waals surface area contributed by atoms with Gasteiger partial charge in [-0.1, -0.05) is 13.0 Å². The summed E-state index contributed by atoms with van der Waals surface area (Å²) < 4.78 is 40.2. The van der Waals surface area contributed by atoms with Crippen LogP contribution in [0.3, 0.4) is 0 Å². The second kappa shape index (κ2) is 8.09. The van der Waals surface area contributed by atoms with Crippen molar-refractivity contribution in [1.29, 1.82) is 0 Å². The van der Waals surface area contributed by atoms with Crippen molar-refractivity contribution in [3.05, 3.63) is 70.7 Å². The number of aromatic nitrogens is 1. The molecule has 8 heteroatoms. The minimum absolute atomic E-state index is 0.174. The number of hydrogen-bond acceptors (Lipinski definition) is 4. The van der Waals surface area contributed by atoms with Crippen molar-refractivity contribution in [2.75, 3.05) is 18.0 Å². The van der Waals surface area contributed by atoms with Crippen molar-refractivity contribution in [1.82, 2.24) is 9.88 Å². The molecule has 0 radical (unpaired) electrons. The molecule has 1 aliphatic rings. The van der Waals surface area contributed by atoms with Crippen molar-refractivity contribution in [3.63, 3.8) is 0 Å². The monoisotopic (exact) mass is 469 g/mol. The van der Waals surface area contributed by atoms with Crippen LogP contribution < -0.4 is 4.72 Å². The maximum atomic E-state index is 14.8. The Bertz CT molecular complexity index is 1370. The number of hydrogen-bond donors (Lipinski definition) is 1. The molecule has 33 heavy (non-hydrogen) atoms. The van der Waals surface area contributed by atoms with Gasteiger partial charge in [0.15, 0.2) is 0 Å².